The molecule has 0 aromatic heterocycles. The average Bonchev–Trinajstić information content (AvgIpc) is 3.18. The predicted octanol–water partition coefficient (Wildman–Crippen LogP) is 3.55. The van der Waals surface area contributed by atoms with Gasteiger partial charge in [-0.2, -0.15) is 0 Å². The Labute approximate surface area is 132 Å². The number of piperidine rings is 1. The summed E-state index contributed by atoms with van der Waals surface area (Å²) < 4.78 is 0. The molecule has 2 aliphatic carbocycles. The molecular weight excluding hydrogens is 272 g/mol. The lowest BCUT2D eigenvalue weighted by molar-refractivity contribution is 0.0999. The molecule has 1 unspecified atom stereocenters. The summed E-state index contributed by atoms with van der Waals surface area (Å²) in [6.07, 6.45) is 7.76. The van der Waals surface area contributed by atoms with E-state index in [0.29, 0.717) is 12.0 Å². The molecule has 2 saturated carbocycles. The summed E-state index contributed by atoms with van der Waals surface area (Å²) in [5, 5.41) is 0. The van der Waals surface area contributed by atoms with Crippen LogP contribution >= 0.6 is 0 Å². The van der Waals surface area contributed by atoms with Gasteiger partial charge in [0, 0.05) is 11.3 Å². The van der Waals surface area contributed by atoms with Crippen LogP contribution in [0, 0.1) is 11.8 Å². The van der Waals surface area contributed by atoms with Gasteiger partial charge in [0.25, 0.3) is 5.91 Å². The van der Waals surface area contributed by atoms with Crippen LogP contribution in [0.5, 0.6) is 0 Å². The Morgan fingerprint density at radius 2 is 1.82 bits per heavy atom. The zero-order valence-corrected chi connectivity index (χ0v) is 13.1. The summed E-state index contributed by atoms with van der Waals surface area (Å²) in [7, 11) is 0. The van der Waals surface area contributed by atoms with Crippen molar-refractivity contribution in [2.75, 3.05) is 13.1 Å². The largest absolute Gasteiger partial charge is 0.295 e. The quantitative estimate of drug-likeness (QED) is 0.836. The van der Waals surface area contributed by atoms with Crippen LogP contribution in [0.25, 0.3) is 0 Å². The van der Waals surface area contributed by atoms with E-state index in [1.165, 1.54) is 57.3 Å². The third-order valence-corrected chi connectivity index (χ3v) is 5.68. The SMILES string of the molecule is O=C(N=C1C(N2CCCCC2)[C@H]2CC[C@@H]1C2)c1ccccc1. The maximum Gasteiger partial charge on any atom is 0.276 e. The van der Waals surface area contributed by atoms with Gasteiger partial charge in [0.05, 0.1) is 6.04 Å². The third kappa shape index (κ3) is 2.52. The average molecular weight is 296 g/mol. The molecule has 3 fully saturated rings. The minimum Gasteiger partial charge on any atom is -0.295 e. The molecule has 0 spiro atoms. The standard InChI is InChI=1S/C19H24N2O/c22-19(14-7-3-1-4-8-14)20-17-15-9-10-16(13-15)18(17)21-11-5-2-6-12-21/h1,3-4,7-8,15-16,18H,2,5-6,9-13H2/t15-,16+,18?/m1/s1. The van der Waals surface area contributed by atoms with Crippen LogP contribution in [-0.4, -0.2) is 35.7 Å². The molecule has 2 bridgehead atoms. The fraction of sp³-hybridized carbons (Fsp3) is 0.579. The van der Waals surface area contributed by atoms with Crippen LogP contribution in [-0.2, 0) is 0 Å². The van der Waals surface area contributed by atoms with Crippen molar-refractivity contribution in [2.45, 2.75) is 44.6 Å². The molecule has 116 valence electrons. The molecule has 1 saturated heterocycles. The number of carbonyl (C=O) groups is 1. The van der Waals surface area contributed by atoms with Crippen molar-refractivity contribution in [1.29, 1.82) is 0 Å². The monoisotopic (exact) mass is 296 g/mol. The molecule has 1 heterocycles. The third-order valence-electron chi connectivity index (χ3n) is 5.68. The molecule has 0 N–H and O–H groups in total. The van der Waals surface area contributed by atoms with Crippen LogP contribution < -0.4 is 0 Å². The number of rotatable bonds is 2. The van der Waals surface area contributed by atoms with Crippen molar-refractivity contribution in [2.24, 2.45) is 16.8 Å². The van der Waals surface area contributed by atoms with Crippen LogP contribution in [0.2, 0.25) is 0 Å². The number of aliphatic imine (C=N–C) groups is 1. The summed E-state index contributed by atoms with van der Waals surface area (Å²) in [5.41, 5.74) is 1.92. The molecule has 1 amide bonds. The van der Waals surface area contributed by atoms with Crippen LogP contribution in [0.1, 0.15) is 48.9 Å². The molecule has 3 heteroatoms. The minimum atomic E-state index is -0.0508. The first kappa shape index (κ1) is 14.1. The molecule has 3 nitrogen and oxygen atoms in total. The topological polar surface area (TPSA) is 32.7 Å². The molecule has 22 heavy (non-hydrogen) atoms. The predicted molar refractivity (Wildman–Crippen MR) is 88.3 cm³/mol. The van der Waals surface area contributed by atoms with E-state index < -0.39 is 0 Å². The van der Waals surface area contributed by atoms with Crippen molar-refractivity contribution in [1.82, 2.24) is 4.90 Å². The van der Waals surface area contributed by atoms with Gasteiger partial charge in [-0.1, -0.05) is 24.6 Å². The number of likely N-dealkylation sites (tertiary alicyclic amines) is 1. The molecule has 1 aliphatic heterocycles. The van der Waals surface area contributed by atoms with Gasteiger partial charge < -0.3 is 0 Å². The van der Waals surface area contributed by atoms with E-state index >= 15 is 0 Å². The zero-order chi connectivity index (χ0) is 14.9. The molecule has 3 atom stereocenters. The van der Waals surface area contributed by atoms with Gasteiger partial charge in [0.2, 0.25) is 0 Å². The molecule has 4 rings (SSSR count). The number of benzene rings is 1. The van der Waals surface area contributed by atoms with E-state index in [0.717, 1.165) is 11.5 Å². The van der Waals surface area contributed by atoms with E-state index in [1.807, 2.05) is 30.3 Å². The zero-order valence-electron chi connectivity index (χ0n) is 13.1. The maximum atomic E-state index is 12.5. The Morgan fingerprint density at radius 3 is 2.59 bits per heavy atom. The molecular formula is C19H24N2O. The highest BCUT2D eigenvalue weighted by Gasteiger charge is 2.47. The fourth-order valence-corrected chi connectivity index (χ4v) is 4.66. The molecule has 3 aliphatic rings. The Bertz CT molecular complexity index is 574. The summed E-state index contributed by atoms with van der Waals surface area (Å²) in [6.45, 7) is 2.37. The normalized spacial score (nSPS) is 33.5. The number of amides is 1. The van der Waals surface area contributed by atoms with E-state index in [9.17, 15) is 4.79 Å². The van der Waals surface area contributed by atoms with Gasteiger partial charge in [-0.15, -0.1) is 0 Å². The van der Waals surface area contributed by atoms with Gasteiger partial charge in [0.15, 0.2) is 0 Å². The lowest BCUT2D eigenvalue weighted by Gasteiger charge is -2.37. The van der Waals surface area contributed by atoms with Gasteiger partial charge in [-0.05, 0) is 69.2 Å². The summed E-state index contributed by atoms with van der Waals surface area (Å²) in [4.78, 5) is 19.7. The summed E-state index contributed by atoms with van der Waals surface area (Å²) >= 11 is 0. The van der Waals surface area contributed by atoms with Crippen molar-refractivity contribution in [3.8, 4) is 0 Å². The van der Waals surface area contributed by atoms with E-state index in [4.69, 9.17) is 0 Å². The highest BCUT2D eigenvalue weighted by Crippen LogP contribution is 2.45. The van der Waals surface area contributed by atoms with Crippen molar-refractivity contribution < 1.29 is 4.79 Å². The second-order valence-corrected chi connectivity index (χ2v) is 7.02. The van der Waals surface area contributed by atoms with Gasteiger partial charge in [-0.25, -0.2) is 4.99 Å². The van der Waals surface area contributed by atoms with Gasteiger partial charge in [-0.3, -0.25) is 9.69 Å². The Hall–Kier alpha value is -1.48. The lowest BCUT2D eigenvalue weighted by atomic mass is 9.90. The second-order valence-electron chi connectivity index (χ2n) is 7.02. The van der Waals surface area contributed by atoms with E-state index in [-0.39, 0.29) is 5.91 Å². The van der Waals surface area contributed by atoms with Crippen molar-refractivity contribution in [3.05, 3.63) is 35.9 Å². The minimum absolute atomic E-state index is 0.0508. The Kier molecular flexibility index (Phi) is 3.83. The number of hydrogen-bond donors (Lipinski definition) is 0. The summed E-state index contributed by atoms with van der Waals surface area (Å²) in [6, 6.07) is 9.96. The lowest BCUT2D eigenvalue weighted by Crippen LogP contribution is -2.47. The number of nitrogens with zero attached hydrogens (tertiary/aromatic N) is 2. The van der Waals surface area contributed by atoms with Crippen molar-refractivity contribution >= 4 is 11.6 Å². The van der Waals surface area contributed by atoms with Crippen LogP contribution in [0.4, 0.5) is 0 Å². The number of carbonyl (C=O) groups excluding carboxylic acids is 1. The molecule has 0 radical (unpaired) electrons. The van der Waals surface area contributed by atoms with Crippen LogP contribution in [0.15, 0.2) is 35.3 Å². The summed E-state index contributed by atoms with van der Waals surface area (Å²) in [5.74, 6) is 1.25. The smallest absolute Gasteiger partial charge is 0.276 e. The second kappa shape index (κ2) is 5.96. The first-order valence-corrected chi connectivity index (χ1v) is 8.75. The van der Waals surface area contributed by atoms with E-state index in [1.54, 1.807) is 0 Å². The highest BCUT2D eigenvalue weighted by molar-refractivity contribution is 6.07. The maximum absolute atomic E-state index is 12.5. The van der Waals surface area contributed by atoms with E-state index in [2.05, 4.69) is 9.89 Å². The van der Waals surface area contributed by atoms with Gasteiger partial charge >= 0.3 is 0 Å². The number of hydrogen-bond acceptors (Lipinski definition) is 2. The molecule has 1 aromatic rings. The first-order chi connectivity index (χ1) is 10.8. The molecule has 1 aromatic carbocycles. The van der Waals surface area contributed by atoms with Crippen LogP contribution in [0.3, 0.4) is 0 Å². The Morgan fingerprint density at radius 1 is 1.05 bits per heavy atom. The first-order valence-electron chi connectivity index (χ1n) is 8.75. The van der Waals surface area contributed by atoms with Gasteiger partial charge in [0.1, 0.15) is 0 Å². The van der Waals surface area contributed by atoms with Crippen molar-refractivity contribution in [3.63, 3.8) is 0 Å². The highest BCUT2D eigenvalue weighted by atomic mass is 16.1. The fourth-order valence-electron chi connectivity index (χ4n) is 4.66. The Balaban J connectivity index is 1.60. The number of fused-ring (bicyclic) bond motifs is 2.